The van der Waals surface area contributed by atoms with Gasteiger partial charge in [-0.2, -0.15) is 0 Å². The first-order valence-corrected chi connectivity index (χ1v) is 9.69. The molecule has 1 aliphatic carbocycles. The number of allylic oxidation sites excluding steroid dienone is 2. The van der Waals surface area contributed by atoms with Crippen molar-refractivity contribution in [2.24, 2.45) is 5.92 Å². The first-order valence-electron chi connectivity index (χ1n) is 9.69. The van der Waals surface area contributed by atoms with Gasteiger partial charge in [0.1, 0.15) is 0 Å². The molecule has 152 valence electrons. The van der Waals surface area contributed by atoms with Crippen LogP contribution in [-0.4, -0.2) is 6.36 Å². The van der Waals surface area contributed by atoms with Crippen LogP contribution in [0, 0.1) is 17.6 Å². The highest BCUT2D eigenvalue weighted by Gasteiger charge is 2.34. The van der Waals surface area contributed by atoms with E-state index < -0.39 is 23.7 Å². The van der Waals surface area contributed by atoms with Crippen LogP contribution in [0.2, 0.25) is 0 Å². The number of alkyl halides is 3. The molecule has 2 rings (SSSR count). The Morgan fingerprint density at radius 2 is 1.59 bits per heavy atom. The third-order valence-electron chi connectivity index (χ3n) is 5.16. The second-order valence-corrected chi connectivity index (χ2v) is 7.27. The number of halogens is 5. The van der Waals surface area contributed by atoms with Crippen LogP contribution < -0.4 is 4.74 Å². The molecule has 0 radical (unpaired) electrons. The molecule has 27 heavy (non-hydrogen) atoms. The molecular weight excluding hydrogens is 363 g/mol. The quantitative estimate of drug-likeness (QED) is 0.251. The molecule has 1 aliphatic rings. The molecule has 0 unspecified atom stereocenters. The molecule has 1 saturated carbocycles. The van der Waals surface area contributed by atoms with Gasteiger partial charge in [0.2, 0.25) is 5.75 Å². The molecule has 0 atom stereocenters. The SMILES string of the molecule is CCC/C=C/CCC[C@H]1CC[C@H](c2cc(F)c(OC(F)(F)F)c(F)c2)CC1. The zero-order valence-electron chi connectivity index (χ0n) is 15.6. The molecule has 1 aromatic rings. The molecule has 1 fully saturated rings. The maximum absolute atomic E-state index is 13.9. The van der Waals surface area contributed by atoms with Crippen LogP contribution in [0.4, 0.5) is 22.0 Å². The monoisotopic (exact) mass is 390 g/mol. The minimum atomic E-state index is -5.12. The number of benzene rings is 1. The van der Waals surface area contributed by atoms with E-state index in [9.17, 15) is 22.0 Å². The summed E-state index contributed by atoms with van der Waals surface area (Å²) in [6, 6.07) is 1.96. The van der Waals surface area contributed by atoms with E-state index in [2.05, 4.69) is 23.8 Å². The lowest BCUT2D eigenvalue weighted by molar-refractivity contribution is -0.276. The van der Waals surface area contributed by atoms with Gasteiger partial charge in [-0.05, 0) is 74.5 Å². The summed E-state index contributed by atoms with van der Waals surface area (Å²) >= 11 is 0. The molecule has 1 nitrogen and oxygen atoms in total. The van der Waals surface area contributed by atoms with Crippen LogP contribution in [0.1, 0.15) is 76.2 Å². The van der Waals surface area contributed by atoms with E-state index in [0.717, 1.165) is 69.9 Å². The fourth-order valence-corrected chi connectivity index (χ4v) is 3.74. The van der Waals surface area contributed by atoms with Gasteiger partial charge in [-0.15, -0.1) is 13.2 Å². The van der Waals surface area contributed by atoms with Crippen molar-refractivity contribution in [3.63, 3.8) is 0 Å². The van der Waals surface area contributed by atoms with Crippen molar-refractivity contribution in [2.45, 2.75) is 77.0 Å². The Bertz CT molecular complexity index is 592. The predicted octanol–water partition coefficient (Wildman–Crippen LogP) is 7.66. The highest BCUT2D eigenvalue weighted by atomic mass is 19.4. The van der Waals surface area contributed by atoms with Gasteiger partial charge < -0.3 is 4.74 Å². The Kier molecular flexibility index (Phi) is 8.11. The Labute approximate surface area is 157 Å². The van der Waals surface area contributed by atoms with Crippen molar-refractivity contribution in [2.75, 3.05) is 0 Å². The van der Waals surface area contributed by atoms with Gasteiger partial charge in [-0.25, -0.2) is 8.78 Å². The van der Waals surface area contributed by atoms with E-state index in [1.807, 2.05) is 0 Å². The van der Waals surface area contributed by atoms with Gasteiger partial charge >= 0.3 is 6.36 Å². The van der Waals surface area contributed by atoms with E-state index in [4.69, 9.17) is 0 Å². The second-order valence-electron chi connectivity index (χ2n) is 7.27. The van der Waals surface area contributed by atoms with Crippen molar-refractivity contribution >= 4 is 0 Å². The summed E-state index contributed by atoms with van der Waals surface area (Å²) in [7, 11) is 0. The van der Waals surface area contributed by atoms with Crippen LogP contribution in [0.3, 0.4) is 0 Å². The molecular formula is C21H27F5O. The zero-order chi connectivity index (χ0) is 19.9. The highest BCUT2D eigenvalue weighted by Crippen LogP contribution is 2.40. The number of hydrogen-bond acceptors (Lipinski definition) is 1. The summed E-state index contributed by atoms with van der Waals surface area (Å²) < 4.78 is 67.9. The van der Waals surface area contributed by atoms with Gasteiger partial charge in [-0.1, -0.05) is 31.9 Å². The van der Waals surface area contributed by atoms with Crippen LogP contribution in [-0.2, 0) is 0 Å². The van der Waals surface area contributed by atoms with Crippen LogP contribution in [0.5, 0.6) is 5.75 Å². The number of ether oxygens (including phenoxy) is 1. The van der Waals surface area contributed by atoms with E-state index in [0.29, 0.717) is 11.5 Å². The normalized spacial score (nSPS) is 21.0. The maximum atomic E-state index is 13.9. The standard InChI is InChI=1S/C21H27F5O/c1-2-3-4-5-6-7-8-15-9-11-16(12-10-15)17-13-18(22)20(19(23)14-17)27-21(24,25)26/h4-5,13-16H,2-3,6-12H2,1H3/b5-4+/t15-,16-. The zero-order valence-corrected chi connectivity index (χ0v) is 15.6. The number of unbranched alkanes of at least 4 members (excludes halogenated alkanes) is 2. The minimum absolute atomic E-state index is 0.0189. The van der Waals surface area contributed by atoms with Crippen LogP contribution in [0.25, 0.3) is 0 Å². The van der Waals surface area contributed by atoms with Gasteiger partial charge in [0.15, 0.2) is 11.6 Å². The molecule has 0 heterocycles. The maximum Gasteiger partial charge on any atom is 0.573 e. The fourth-order valence-electron chi connectivity index (χ4n) is 3.74. The van der Waals surface area contributed by atoms with Crippen LogP contribution >= 0.6 is 0 Å². The van der Waals surface area contributed by atoms with Gasteiger partial charge in [0, 0.05) is 0 Å². The first kappa shape index (κ1) is 21.7. The predicted molar refractivity (Wildman–Crippen MR) is 95.6 cm³/mol. The largest absolute Gasteiger partial charge is 0.573 e. The molecule has 0 N–H and O–H groups in total. The summed E-state index contributed by atoms with van der Waals surface area (Å²) in [6.07, 6.45) is 8.52. The summed E-state index contributed by atoms with van der Waals surface area (Å²) in [6.45, 7) is 2.15. The molecule has 0 bridgehead atoms. The molecule has 0 aliphatic heterocycles. The third-order valence-corrected chi connectivity index (χ3v) is 5.16. The van der Waals surface area contributed by atoms with Crippen molar-refractivity contribution in [3.8, 4) is 5.75 Å². The summed E-state index contributed by atoms with van der Waals surface area (Å²) in [5.41, 5.74) is 0.417. The second kappa shape index (κ2) is 10.1. The highest BCUT2D eigenvalue weighted by molar-refractivity contribution is 5.33. The minimum Gasteiger partial charge on any atom is -0.399 e. The van der Waals surface area contributed by atoms with E-state index in [1.54, 1.807) is 0 Å². The smallest absolute Gasteiger partial charge is 0.399 e. The fraction of sp³-hybridized carbons (Fsp3) is 0.619. The van der Waals surface area contributed by atoms with E-state index in [1.165, 1.54) is 0 Å². The first-order chi connectivity index (χ1) is 12.8. The molecule has 0 spiro atoms. The van der Waals surface area contributed by atoms with Crippen molar-refractivity contribution in [1.82, 2.24) is 0 Å². The Morgan fingerprint density at radius 3 is 2.15 bits per heavy atom. The van der Waals surface area contributed by atoms with Gasteiger partial charge in [-0.3, -0.25) is 0 Å². The average Bonchev–Trinajstić information content (AvgIpc) is 2.61. The van der Waals surface area contributed by atoms with E-state index in [-0.39, 0.29) is 5.92 Å². The molecule has 6 heteroatoms. The van der Waals surface area contributed by atoms with Crippen molar-refractivity contribution < 1.29 is 26.7 Å². The molecule has 0 amide bonds. The Balaban J connectivity index is 1.85. The lowest BCUT2D eigenvalue weighted by Gasteiger charge is -2.29. The summed E-state index contributed by atoms with van der Waals surface area (Å²) in [4.78, 5) is 0. The Morgan fingerprint density at radius 1 is 1.00 bits per heavy atom. The summed E-state index contributed by atoms with van der Waals surface area (Å²) in [5, 5.41) is 0. The Hall–Kier alpha value is -1.59. The van der Waals surface area contributed by atoms with Crippen molar-refractivity contribution in [3.05, 3.63) is 41.5 Å². The molecule has 0 aromatic heterocycles. The summed E-state index contributed by atoms with van der Waals surface area (Å²) in [5.74, 6) is -3.39. The van der Waals surface area contributed by atoms with Gasteiger partial charge in [0.05, 0.1) is 0 Å². The lowest BCUT2D eigenvalue weighted by atomic mass is 9.77. The number of rotatable bonds is 8. The average molecular weight is 390 g/mol. The third kappa shape index (κ3) is 7.15. The lowest BCUT2D eigenvalue weighted by Crippen LogP contribution is -2.19. The van der Waals surface area contributed by atoms with E-state index >= 15 is 0 Å². The van der Waals surface area contributed by atoms with Gasteiger partial charge in [0.25, 0.3) is 0 Å². The number of hydrogen-bond donors (Lipinski definition) is 0. The van der Waals surface area contributed by atoms with Crippen molar-refractivity contribution in [1.29, 1.82) is 0 Å². The molecule has 0 saturated heterocycles. The van der Waals surface area contributed by atoms with Crippen LogP contribution in [0.15, 0.2) is 24.3 Å². The molecule has 1 aromatic carbocycles. The topological polar surface area (TPSA) is 9.23 Å².